The van der Waals surface area contributed by atoms with Crippen LogP contribution in [0.2, 0.25) is 10.0 Å². The van der Waals surface area contributed by atoms with Gasteiger partial charge in [-0.15, -0.1) is 0 Å². The van der Waals surface area contributed by atoms with E-state index in [0.717, 1.165) is 35.5 Å². The molecule has 2 N–H and O–H groups in total. The van der Waals surface area contributed by atoms with Crippen molar-refractivity contribution in [2.24, 2.45) is 5.73 Å². The fourth-order valence-corrected chi connectivity index (χ4v) is 2.83. The minimum atomic E-state index is 0.453. The molecule has 1 aliphatic heterocycles. The molecule has 2 nitrogen and oxygen atoms in total. The minimum Gasteiger partial charge on any atom is -0.493 e. The lowest BCUT2D eigenvalue weighted by Crippen LogP contribution is -2.00. The summed E-state index contributed by atoms with van der Waals surface area (Å²) in [5, 5.41) is 1.14. The van der Waals surface area contributed by atoms with Gasteiger partial charge in [-0.2, -0.15) is 0 Å². The van der Waals surface area contributed by atoms with Crippen LogP contribution in [0.4, 0.5) is 0 Å². The predicted molar refractivity (Wildman–Crippen MR) is 79.0 cm³/mol. The summed E-state index contributed by atoms with van der Waals surface area (Å²) in [7, 11) is 0. The van der Waals surface area contributed by atoms with E-state index < -0.39 is 0 Å². The number of halogens is 2. The minimum absolute atomic E-state index is 0.453. The number of benzene rings is 2. The number of rotatable bonds is 2. The molecule has 0 amide bonds. The van der Waals surface area contributed by atoms with E-state index in [1.54, 1.807) is 6.07 Å². The highest BCUT2D eigenvalue weighted by Crippen LogP contribution is 2.38. The molecule has 0 unspecified atom stereocenters. The second kappa shape index (κ2) is 5.04. The van der Waals surface area contributed by atoms with E-state index in [4.69, 9.17) is 33.7 Å². The zero-order valence-corrected chi connectivity index (χ0v) is 11.8. The maximum absolute atomic E-state index is 6.28. The summed E-state index contributed by atoms with van der Waals surface area (Å²) in [5.41, 5.74) is 9.97. The van der Waals surface area contributed by atoms with E-state index in [1.807, 2.05) is 18.2 Å². The molecule has 0 saturated heterocycles. The normalized spacial score (nSPS) is 13.2. The molecule has 4 heteroatoms. The van der Waals surface area contributed by atoms with Crippen LogP contribution in [0, 0.1) is 0 Å². The number of ether oxygens (including phenoxy) is 1. The van der Waals surface area contributed by atoms with Crippen molar-refractivity contribution in [2.75, 3.05) is 6.61 Å². The molecule has 2 aromatic carbocycles. The van der Waals surface area contributed by atoms with Gasteiger partial charge >= 0.3 is 0 Å². The number of fused-ring (bicyclic) bond motifs is 1. The first-order valence-electron chi connectivity index (χ1n) is 6.13. The van der Waals surface area contributed by atoms with Crippen molar-refractivity contribution >= 4 is 23.2 Å². The number of hydrogen-bond donors (Lipinski definition) is 1. The molecule has 0 aliphatic carbocycles. The van der Waals surface area contributed by atoms with Gasteiger partial charge in [0.2, 0.25) is 0 Å². The zero-order chi connectivity index (χ0) is 13.4. The van der Waals surface area contributed by atoms with Crippen molar-refractivity contribution < 1.29 is 4.74 Å². The lowest BCUT2D eigenvalue weighted by atomic mass is 9.98. The highest BCUT2D eigenvalue weighted by atomic mass is 35.5. The Morgan fingerprint density at radius 3 is 2.84 bits per heavy atom. The fraction of sp³-hybridized carbons (Fsp3) is 0.200. The van der Waals surface area contributed by atoms with Crippen LogP contribution in [0.3, 0.4) is 0 Å². The Morgan fingerprint density at radius 2 is 2.05 bits per heavy atom. The molecule has 1 heterocycles. The van der Waals surface area contributed by atoms with Crippen molar-refractivity contribution in [3.8, 4) is 16.9 Å². The lowest BCUT2D eigenvalue weighted by Gasteiger charge is -2.11. The Morgan fingerprint density at radius 1 is 1.21 bits per heavy atom. The second-order valence-corrected chi connectivity index (χ2v) is 5.31. The van der Waals surface area contributed by atoms with Gasteiger partial charge in [-0.05, 0) is 29.3 Å². The molecule has 1 aliphatic rings. The van der Waals surface area contributed by atoms with E-state index in [9.17, 15) is 0 Å². The van der Waals surface area contributed by atoms with Gasteiger partial charge in [-0.25, -0.2) is 0 Å². The van der Waals surface area contributed by atoms with E-state index in [1.165, 1.54) is 5.56 Å². The van der Waals surface area contributed by atoms with Gasteiger partial charge in [0.25, 0.3) is 0 Å². The van der Waals surface area contributed by atoms with Crippen LogP contribution in [0.25, 0.3) is 11.1 Å². The van der Waals surface area contributed by atoms with Crippen LogP contribution in [-0.4, -0.2) is 6.61 Å². The van der Waals surface area contributed by atoms with Crippen molar-refractivity contribution in [1.82, 2.24) is 0 Å². The molecule has 0 bridgehead atoms. The molecule has 0 radical (unpaired) electrons. The predicted octanol–water partition coefficient (Wildman–Crippen LogP) is 4.05. The molecular formula is C15H13Cl2NO. The summed E-state index contributed by atoms with van der Waals surface area (Å²) in [6.45, 7) is 1.17. The van der Waals surface area contributed by atoms with Crippen molar-refractivity contribution in [3.05, 3.63) is 51.5 Å². The van der Waals surface area contributed by atoms with Gasteiger partial charge in [0.05, 0.1) is 16.7 Å². The number of nitrogens with two attached hydrogens (primary N) is 1. The van der Waals surface area contributed by atoms with Crippen LogP contribution in [0.15, 0.2) is 30.3 Å². The summed E-state index contributed by atoms with van der Waals surface area (Å²) in [6, 6.07) is 9.79. The maximum atomic E-state index is 6.28. The quantitative estimate of drug-likeness (QED) is 0.906. The Bertz CT molecular complexity index is 640. The van der Waals surface area contributed by atoms with E-state index in [-0.39, 0.29) is 0 Å². The molecule has 3 rings (SSSR count). The monoisotopic (exact) mass is 293 g/mol. The number of hydrogen-bond acceptors (Lipinski definition) is 2. The van der Waals surface area contributed by atoms with Gasteiger partial charge in [0.15, 0.2) is 0 Å². The van der Waals surface area contributed by atoms with Gasteiger partial charge in [0, 0.05) is 24.1 Å². The second-order valence-electron chi connectivity index (χ2n) is 4.53. The van der Waals surface area contributed by atoms with Gasteiger partial charge in [-0.1, -0.05) is 35.3 Å². The maximum Gasteiger partial charge on any atom is 0.127 e. The highest BCUT2D eigenvalue weighted by molar-refractivity contribution is 6.43. The van der Waals surface area contributed by atoms with Gasteiger partial charge in [0.1, 0.15) is 5.75 Å². The third-order valence-electron chi connectivity index (χ3n) is 3.34. The Labute approximate surface area is 122 Å². The Kier molecular flexibility index (Phi) is 3.40. The molecular weight excluding hydrogens is 281 g/mol. The molecule has 19 heavy (non-hydrogen) atoms. The topological polar surface area (TPSA) is 35.2 Å². The van der Waals surface area contributed by atoms with Crippen LogP contribution in [0.5, 0.6) is 5.75 Å². The average molecular weight is 294 g/mol. The van der Waals surface area contributed by atoms with E-state index in [0.29, 0.717) is 16.6 Å². The fourth-order valence-electron chi connectivity index (χ4n) is 2.42. The Balaban J connectivity index is 2.18. The summed E-state index contributed by atoms with van der Waals surface area (Å²) < 4.78 is 5.63. The first-order chi connectivity index (χ1) is 9.20. The zero-order valence-electron chi connectivity index (χ0n) is 10.2. The largest absolute Gasteiger partial charge is 0.493 e. The molecule has 98 valence electrons. The van der Waals surface area contributed by atoms with E-state index >= 15 is 0 Å². The third kappa shape index (κ3) is 2.20. The molecule has 0 fully saturated rings. The Hall–Kier alpha value is -1.22. The first-order valence-corrected chi connectivity index (χ1v) is 6.89. The van der Waals surface area contributed by atoms with Crippen LogP contribution in [0.1, 0.15) is 11.1 Å². The van der Waals surface area contributed by atoms with Gasteiger partial charge in [-0.3, -0.25) is 0 Å². The highest BCUT2D eigenvalue weighted by Gasteiger charge is 2.18. The molecule has 0 atom stereocenters. The van der Waals surface area contributed by atoms with Crippen LogP contribution >= 0.6 is 23.2 Å². The summed E-state index contributed by atoms with van der Waals surface area (Å²) >= 11 is 12.4. The molecule has 0 aromatic heterocycles. The standard InChI is InChI=1S/C15H13Cl2NO/c16-13-3-1-2-12(14(13)17)10-6-9-4-5-19-15(9)11(7-10)8-18/h1-3,6-7H,4-5,8,18H2. The molecule has 2 aromatic rings. The summed E-state index contributed by atoms with van der Waals surface area (Å²) in [4.78, 5) is 0. The molecule has 0 saturated carbocycles. The van der Waals surface area contributed by atoms with Crippen LogP contribution in [-0.2, 0) is 13.0 Å². The van der Waals surface area contributed by atoms with E-state index in [2.05, 4.69) is 6.07 Å². The van der Waals surface area contributed by atoms with Gasteiger partial charge < -0.3 is 10.5 Å². The lowest BCUT2D eigenvalue weighted by molar-refractivity contribution is 0.353. The van der Waals surface area contributed by atoms with Crippen LogP contribution < -0.4 is 10.5 Å². The van der Waals surface area contributed by atoms with Crippen molar-refractivity contribution in [3.63, 3.8) is 0 Å². The smallest absolute Gasteiger partial charge is 0.127 e. The summed E-state index contributed by atoms with van der Waals surface area (Å²) in [6.07, 6.45) is 0.911. The SMILES string of the molecule is NCc1cc(-c2cccc(Cl)c2Cl)cc2c1OCC2. The van der Waals surface area contributed by atoms with Crippen molar-refractivity contribution in [1.29, 1.82) is 0 Å². The average Bonchev–Trinajstić information content (AvgIpc) is 2.89. The first kappa shape index (κ1) is 12.8. The third-order valence-corrected chi connectivity index (χ3v) is 4.16. The van der Waals surface area contributed by atoms with Crippen molar-refractivity contribution in [2.45, 2.75) is 13.0 Å². The summed E-state index contributed by atoms with van der Waals surface area (Å²) in [5.74, 6) is 0.935. The molecule has 0 spiro atoms.